The lowest BCUT2D eigenvalue weighted by atomic mass is 9.99. The first kappa shape index (κ1) is 15.8. The Labute approximate surface area is 128 Å². The summed E-state index contributed by atoms with van der Waals surface area (Å²) in [7, 11) is 2.04. The van der Waals surface area contributed by atoms with Crippen LogP contribution in [0.15, 0.2) is 47.1 Å². The van der Waals surface area contributed by atoms with Gasteiger partial charge in [-0.2, -0.15) is 0 Å². The van der Waals surface area contributed by atoms with Gasteiger partial charge in [0.2, 0.25) is 0 Å². The van der Waals surface area contributed by atoms with Crippen molar-refractivity contribution in [1.29, 1.82) is 0 Å². The van der Waals surface area contributed by atoms with Gasteiger partial charge in [0.05, 0.1) is 12.8 Å². The molecule has 1 heterocycles. The summed E-state index contributed by atoms with van der Waals surface area (Å²) in [5, 5.41) is 3.45. The molecule has 0 aliphatic heterocycles. The highest BCUT2D eigenvalue weighted by molar-refractivity contribution is 5.28. The molecule has 3 nitrogen and oxygen atoms in total. The standard InChI is InChI=1S/C18H26N2O/c1-4-20(14-16-9-7-13-21-16)12-11-18(19-3)17-10-6-5-8-15(17)2/h5-10,13,18-19H,4,11-12,14H2,1-3H3. The van der Waals surface area contributed by atoms with Crippen molar-refractivity contribution in [1.82, 2.24) is 10.2 Å². The van der Waals surface area contributed by atoms with Crippen molar-refractivity contribution in [3.63, 3.8) is 0 Å². The second-order valence-electron chi connectivity index (χ2n) is 5.43. The first-order valence-corrected chi connectivity index (χ1v) is 7.72. The van der Waals surface area contributed by atoms with E-state index in [1.54, 1.807) is 6.26 Å². The Bertz CT molecular complexity index is 522. The second-order valence-corrected chi connectivity index (χ2v) is 5.43. The predicted octanol–water partition coefficient (Wildman–Crippen LogP) is 3.76. The molecule has 1 atom stereocenters. The Balaban J connectivity index is 1.94. The molecule has 0 fully saturated rings. The summed E-state index contributed by atoms with van der Waals surface area (Å²) in [5.74, 6) is 1.04. The van der Waals surface area contributed by atoms with Crippen LogP contribution in [0.4, 0.5) is 0 Å². The molecule has 3 heteroatoms. The second kappa shape index (κ2) is 8.01. The number of aryl methyl sites for hydroxylation is 1. The summed E-state index contributed by atoms with van der Waals surface area (Å²) in [6.45, 7) is 7.35. The molecule has 2 aromatic rings. The Kier molecular flexibility index (Phi) is 6.03. The minimum Gasteiger partial charge on any atom is -0.468 e. The first-order valence-electron chi connectivity index (χ1n) is 7.72. The van der Waals surface area contributed by atoms with Gasteiger partial charge in [0, 0.05) is 12.6 Å². The SMILES string of the molecule is CCN(CCC(NC)c1ccccc1C)Cc1ccco1. The van der Waals surface area contributed by atoms with Crippen LogP contribution in [0, 0.1) is 6.92 Å². The fraction of sp³-hybridized carbons (Fsp3) is 0.444. The molecule has 0 amide bonds. The van der Waals surface area contributed by atoms with E-state index in [2.05, 4.69) is 48.3 Å². The van der Waals surface area contributed by atoms with E-state index in [9.17, 15) is 0 Å². The summed E-state index contributed by atoms with van der Waals surface area (Å²) in [5.41, 5.74) is 2.75. The lowest BCUT2D eigenvalue weighted by Crippen LogP contribution is -2.28. The number of furan rings is 1. The number of nitrogens with one attached hydrogen (secondary N) is 1. The van der Waals surface area contributed by atoms with Crippen molar-refractivity contribution >= 4 is 0 Å². The van der Waals surface area contributed by atoms with E-state index in [0.717, 1.165) is 31.8 Å². The summed E-state index contributed by atoms with van der Waals surface area (Å²) in [6, 6.07) is 13.0. The summed E-state index contributed by atoms with van der Waals surface area (Å²) in [6.07, 6.45) is 2.84. The van der Waals surface area contributed by atoms with Crippen LogP contribution in [-0.2, 0) is 6.54 Å². The van der Waals surface area contributed by atoms with E-state index in [4.69, 9.17) is 4.42 Å². The third-order valence-electron chi connectivity index (χ3n) is 4.05. The van der Waals surface area contributed by atoms with Gasteiger partial charge in [-0.25, -0.2) is 0 Å². The van der Waals surface area contributed by atoms with Crippen molar-refractivity contribution < 1.29 is 4.42 Å². The van der Waals surface area contributed by atoms with Crippen LogP contribution in [0.5, 0.6) is 0 Å². The minimum absolute atomic E-state index is 0.400. The van der Waals surface area contributed by atoms with E-state index in [-0.39, 0.29) is 0 Å². The number of hydrogen-bond donors (Lipinski definition) is 1. The molecule has 0 radical (unpaired) electrons. The van der Waals surface area contributed by atoms with Gasteiger partial charge >= 0.3 is 0 Å². The van der Waals surface area contributed by atoms with Crippen molar-refractivity contribution in [3.8, 4) is 0 Å². The summed E-state index contributed by atoms with van der Waals surface area (Å²) >= 11 is 0. The van der Waals surface area contributed by atoms with Crippen molar-refractivity contribution in [2.24, 2.45) is 0 Å². The Morgan fingerprint density at radius 1 is 1.19 bits per heavy atom. The maximum atomic E-state index is 5.45. The zero-order chi connectivity index (χ0) is 15.1. The van der Waals surface area contributed by atoms with Gasteiger partial charge in [-0.3, -0.25) is 4.90 Å². The Morgan fingerprint density at radius 3 is 2.62 bits per heavy atom. The molecule has 0 spiro atoms. The van der Waals surface area contributed by atoms with Gasteiger partial charge < -0.3 is 9.73 Å². The monoisotopic (exact) mass is 286 g/mol. The molecule has 0 saturated heterocycles. The highest BCUT2D eigenvalue weighted by Gasteiger charge is 2.13. The third-order valence-corrected chi connectivity index (χ3v) is 4.05. The van der Waals surface area contributed by atoms with E-state index >= 15 is 0 Å². The van der Waals surface area contributed by atoms with Crippen LogP contribution >= 0.6 is 0 Å². The van der Waals surface area contributed by atoms with Crippen LogP contribution < -0.4 is 5.32 Å². The smallest absolute Gasteiger partial charge is 0.117 e. The minimum atomic E-state index is 0.400. The zero-order valence-corrected chi connectivity index (χ0v) is 13.3. The Hall–Kier alpha value is -1.58. The summed E-state index contributed by atoms with van der Waals surface area (Å²) < 4.78 is 5.45. The van der Waals surface area contributed by atoms with Crippen LogP contribution in [0.25, 0.3) is 0 Å². The molecule has 0 aliphatic rings. The quantitative estimate of drug-likeness (QED) is 0.801. The normalized spacial score (nSPS) is 12.8. The highest BCUT2D eigenvalue weighted by atomic mass is 16.3. The van der Waals surface area contributed by atoms with Gasteiger partial charge in [-0.1, -0.05) is 31.2 Å². The van der Waals surface area contributed by atoms with Gasteiger partial charge in [-0.15, -0.1) is 0 Å². The lowest BCUT2D eigenvalue weighted by Gasteiger charge is -2.24. The number of nitrogens with zero attached hydrogens (tertiary/aromatic N) is 1. The van der Waals surface area contributed by atoms with E-state index in [0.29, 0.717) is 6.04 Å². The van der Waals surface area contributed by atoms with Crippen LogP contribution in [0.2, 0.25) is 0 Å². The molecule has 21 heavy (non-hydrogen) atoms. The van der Waals surface area contributed by atoms with E-state index < -0.39 is 0 Å². The molecule has 0 saturated carbocycles. The fourth-order valence-corrected chi connectivity index (χ4v) is 2.72. The molecule has 0 bridgehead atoms. The van der Waals surface area contributed by atoms with Gasteiger partial charge in [0.1, 0.15) is 5.76 Å². The highest BCUT2D eigenvalue weighted by Crippen LogP contribution is 2.21. The molecule has 1 aromatic carbocycles. The van der Waals surface area contributed by atoms with Crippen molar-refractivity contribution in [2.45, 2.75) is 32.9 Å². The third kappa shape index (κ3) is 4.45. The predicted molar refractivity (Wildman–Crippen MR) is 87.3 cm³/mol. The molecule has 2 rings (SSSR count). The maximum absolute atomic E-state index is 5.45. The van der Waals surface area contributed by atoms with Crippen LogP contribution in [0.3, 0.4) is 0 Å². The molecule has 1 N–H and O–H groups in total. The van der Waals surface area contributed by atoms with Gasteiger partial charge in [0.15, 0.2) is 0 Å². The molecular formula is C18H26N2O. The van der Waals surface area contributed by atoms with Gasteiger partial charge in [0.25, 0.3) is 0 Å². The van der Waals surface area contributed by atoms with E-state index in [1.807, 2.05) is 19.2 Å². The fourth-order valence-electron chi connectivity index (χ4n) is 2.72. The largest absolute Gasteiger partial charge is 0.468 e. The molecule has 0 aliphatic carbocycles. The lowest BCUT2D eigenvalue weighted by molar-refractivity contribution is 0.242. The average Bonchev–Trinajstić information content (AvgIpc) is 3.01. The van der Waals surface area contributed by atoms with Crippen molar-refractivity contribution in [3.05, 3.63) is 59.5 Å². The zero-order valence-electron chi connectivity index (χ0n) is 13.3. The number of hydrogen-bond acceptors (Lipinski definition) is 3. The Morgan fingerprint density at radius 2 is 2.00 bits per heavy atom. The van der Waals surface area contributed by atoms with Crippen molar-refractivity contribution in [2.75, 3.05) is 20.1 Å². The molecule has 1 aromatic heterocycles. The topological polar surface area (TPSA) is 28.4 Å². The molecular weight excluding hydrogens is 260 g/mol. The maximum Gasteiger partial charge on any atom is 0.117 e. The average molecular weight is 286 g/mol. The summed E-state index contributed by atoms with van der Waals surface area (Å²) in [4.78, 5) is 2.42. The van der Waals surface area contributed by atoms with E-state index in [1.165, 1.54) is 11.1 Å². The number of rotatable bonds is 8. The van der Waals surface area contributed by atoms with Crippen LogP contribution in [0.1, 0.15) is 36.3 Å². The van der Waals surface area contributed by atoms with Gasteiger partial charge in [-0.05, 0) is 50.2 Å². The molecule has 114 valence electrons. The first-order chi connectivity index (χ1) is 10.2. The number of benzene rings is 1. The molecule has 1 unspecified atom stereocenters. The van der Waals surface area contributed by atoms with Crippen LogP contribution in [-0.4, -0.2) is 25.0 Å².